The van der Waals surface area contributed by atoms with E-state index in [4.69, 9.17) is 10.5 Å². The second-order valence-electron chi connectivity index (χ2n) is 4.36. The first-order valence-corrected chi connectivity index (χ1v) is 6.78. The zero-order chi connectivity index (χ0) is 13.8. The smallest absolute Gasteiger partial charge is 0.137 e. The Balaban J connectivity index is 2.12. The van der Waals surface area contributed by atoms with Gasteiger partial charge in [-0.15, -0.1) is 0 Å². The zero-order valence-corrected chi connectivity index (χ0v) is 12.2. The molecule has 0 aliphatic carbocycles. The third kappa shape index (κ3) is 3.55. The van der Waals surface area contributed by atoms with Crippen LogP contribution in [0.1, 0.15) is 24.1 Å². The van der Waals surface area contributed by atoms with Crippen LogP contribution in [0.25, 0.3) is 0 Å². The number of ether oxygens (including phenoxy) is 1. The van der Waals surface area contributed by atoms with Crippen molar-refractivity contribution in [3.05, 3.63) is 63.9 Å². The molecule has 1 unspecified atom stereocenters. The highest BCUT2D eigenvalue weighted by molar-refractivity contribution is 9.10. The summed E-state index contributed by atoms with van der Waals surface area (Å²) in [6.07, 6.45) is 0. The van der Waals surface area contributed by atoms with Crippen LogP contribution in [-0.4, -0.2) is 0 Å². The molecule has 0 radical (unpaired) electrons. The van der Waals surface area contributed by atoms with Crippen molar-refractivity contribution in [1.82, 2.24) is 0 Å². The minimum Gasteiger partial charge on any atom is -0.489 e. The van der Waals surface area contributed by atoms with Crippen LogP contribution in [0, 0.1) is 5.82 Å². The maximum atomic E-state index is 13.1. The van der Waals surface area contributed by atoms with E-state index in [9.17, 15) is 4.39 Å². The van der Waals surface area contributed by atoms with E-state index in [0.717, 1.165) is 16.9 Å². The number of rotatable bonds is 4. The SMILES string of the molecule is CC(N)c1ccccc1OCc1ccc(F)c(Br)c1. The van der Waals surface area contributed by atoms with Crippen LogP contribution >= 0.6 is 15.9 Å². The summed E-state index contributed by atoms with van der Waals surface area (Å²) >= 11 is 3.16. The van der Waals surface area contributed by atoms with Gasteiger partial charge in [-0.1, -0.05) is 24.3 Å². The second-order valence-corrected chi connectivity index (χ2v) is 5.22. The Hall–Kier alpha value is -1.39. The van der Waals surface area contributed by atoms with Gasteiger partial charge in [-0.3, -0.25) is 0 Å². The van der Waals surface area contributed by atoms with E-state index in [-0.39, 0.29) is 11.9 Å². The summed E-state index contributed by atoms with van der Waals surface area (Å²) in [5, 5.41) is 0. The fourth-order valence-corrected chi connectivity index (χ4v) is 2.20. The van der Waals surface area contributed by atoms with Gasteiger partial charge in [0.05, 0.1) is 4.47 Å². The molecule has 2 N–H and O–H groups in total. The molecule has 0 amide bonds. The van der Waals surface area contributed by atoms with Crippen molar-refractivity contribution in [1.29, 1.82) is 0 Å². The fourth-order valence-electron chi connectivity index (χ4n) is 1.78. The lowest BCUT2D eigenvalue weighted by Crippen LogP contribution is -2.08. The third-order valence-corrected chi connectivity index (χ3v) is 3.40. The van der Waals surface area contributed by atoms with Gasteiger partial charge < -0.3 is 10.5 Å². The minimum atomic E-state index is -0.278. The topological polar surface area (TPSA) is 35.2 Å². The molecule has 0 spiro atoms. The molecule has 100 valence electrons. The number of benzene rings is 2. The number of hydrogen-bond acceptors (Lipinski definition) is 2. The van der Waals surface area contributed by atoms with Crippen LogP contribution in [0.5, 0.6) is 5.75 Å². The molecule has 2 aromatic rings. The summed E-state index contributed by atoms with van der Waals surface area (Å²) < 4.78 is 19.3. The molecular formula is C15H15BrFNO. The standard InChI is InChI=1S/C15H15BrFNO/c1-10(18)12-4-2-3-5-15(12)19-9-11-6-7-14(17)13(16)8-11/h2-8,10H,9,18H2,1H3. The first kappa shape index (κ1) is 14.0. The lowest BCUT2D eigenvalue weighted by Gasteiger charge is -2.14. The van der Waals surface area contributed by atoms with Gasteiger partial charge in [0.1, 0.15) is 18.2 Å². The number of hydrogen-bond donors (Lipinski definition) is 1. The summed E-state index contributed by atoms with van der Waals surface area (Å²) in [6, 6.07) is 12.4. The molecule has 0 saturated heterocycles. The van der Waals surface area contributed by atoms with Crippen molar-refractivity contribution in [3.8, 4) is 5.75 Å². The molecule has 2 aromatic carbocycles. The van der Waals surface area contributed by atoms with E-state index in [1.54, 1.807) is 12.1 Å². The molecule has 19 heavy (non-hydrogen) atoms. The first-order valence-electron chi connectivity index (χ1n) is 5.99. The molecule has 1 atom stereocenters. The lowest BCUT2D eigenvalue weighted by molar-refractivity contribution is 0.301. The molecule has 0 heterocycles. The molecule has 0 aliphatic rings. The molecule has 0 fully saturated rings. The van der Waals surface area contributed by atoms with Crippen molar-refractivity contribution in [2.45, 2.75) is 19.6 Å². The summed E-state index contributed by atoms with van der Waals surface area (Å²) in [5.41, 5.74) is 7.75. The van der Waals surface area contributed by atoms with Crippen LogP contribution in [-0.2, 0) is 6.61 Å². The van der Waals surface area contributed by atoms with Crippen molar-refractivity contribution >= 4 is 15.9 Å². The summed E-state index contributed by atoms with van der Waals surface area (Å²) in [4.78, 5) is 0. The highest BCUT2D eigenvalue weighted by Gasteiger charge is 2.07. The molecular weight excluding hydrogens is 309 g/mol. The largest absolute Gasteiger partial charge is 0.489 e. The molecule has 0 aromatic heterocycles. The number of halogens is 2. The fraction of sp³-hybridized carbons (Fsp3) is 0.200. The van der Waals surface area contributed by atoms with Gasteiger partial charge in [0.2, 0.25) is 0 Å². The Morgan fingerprint density at radius 1 is 1.26 bits per heavy atom. The van der Waals surface area contributed by atoms with Crippen molar-refractivity contribution < 1.29 is 9.13 Å². The molecule has 0 bridgehead atoms. The van der Waals surface area contributed by atoms with Crippen LogP contribution in [0.15, 0.2) is 46.9 Å². The van der Waals surface area contributed by atoms with Gasteiger partial charge >= 0.3 is 0 Å². The average Bonchev–Trinajstić information content (AvgIpc) is 2.40. The first-order chi connectivity index (χ1) is 9.08. The summed E-state index contributed by atoms with van der Waals surface area (Å²) in [5.74, 6) is 0.484. The normalized spacial score (nSPS) is 12.2. The predicted octanol–water partition coefficient (Wildman–Crippen LogP) is 4.19. The van der Waals surface area contributed by atoms with E-state index in [1.165, 1.54) is 6.07 Å². The Morgan fingerprint density at radius 3 is 2.68 bits per heavy atom. The highest BCUT2D eigenvalue weighted by Crippen LogP contribution is 2.25. The Kier molecular flexibility index (Phi) is 4.56. The Labute approximate surface area is 120 Å². The summed E-state index contributed by atoms with van der Waals surface area (Å²) in [6.45, 7) is 2.29. The lowest BCUT2D eigenvalue weighted by atomic mass is 10.1. The maximum absolute atomic E-state index is 13.1. The van der Waals surface area contributed by atoms with Crippen LogP contribution in [0.4, 0.5) is 4.39 Å². The summed E-state index contributed by atoms with van der Waals surface area (Å²) in [7, 11) is 0. The van der Waals surface area contributed by atoms with Gasteiger partial charge in [0.25, 0.3) is 0 Å². The van der Waals surface area contributed by atoms with E-state index < -0.39 is 0 Å². The Morgan fingerprint density at radius 2 is 2.00 bits per heavy atom. The average molecular weight is 324 g/mol. The zero-order valence-electron chi connectivity index (χ0n) is 10.6. The third-order valence-electron chi connectivity index (χ3n) is 2.79. The predicted molar refractivity (Wildman–Crippen MR) is 77.5 cm³/mol. The molecule has 2 rings (SSSR count). The van der Waals surface area contributed by atoms with Gasteiger partial charge in [-0.05, 0) is 46.6 Å². The van der Waals surface area contributed by atoms with Crippen molar-refractivity contribution in [2.75, 3.05) is 0 Å². The monoisotopic (exact) mass is 323 g/mol. The maximum Gasteiger partial charge on any atom is 0.137 e. The number of para-hydroxylation sites is 1. The molecule has 0 saturated carbocycles. The van der Waals surface area contributed by atoms with Gasteiger partial charge in [-0.2, -0.15) is 0 Å². The molecule has 2 nitrogen and oxygen atoms in total. The minimum absolute atomic E-state index is 0.0869. The van der Waals surface area contributed by atoms with Gasteiger partial charge in [0.15, 0.2) is 0 Å². The highest BCUT2D eigenvalue weighted by atomic mass is 79.9. The molecule has 4 heteroatoms. The van der Waals surface area contributed by atoms with Crippen molar-refractivity contribution in [3.63, 3.8) is 0 Å². The van der Waals surface area contributed by atoms with Gasteiger partial charge in [-0.25, -0.2) is 4.39 Å². The quantitative estimate of drug-likeness (QED) is 0.915. The van der Waals surface area contributed by atoms with E-state index in [2.05, 4.69) is 15.9 Å². The van der Waals surface area contributed by atoms with Crippen LogP contribution < -0.4 is 10.5 Å². The van der Waals surface area contributed by atoms with Crippen LogP contribution in [0.3, 0.4) is 0 Å². The van der Waals surface area contributed by atoms with Crippen LogP contribution in [0.2, 0.25) is 0 Å². The van der Waals surface area contributed by atoms with E-state index in [1.807, 2.05) is 31.2 Å². The Bertz CT molecular complexity index is 572. The van der Waals surface area contributed by atoms with Crippen molar-refractivity contribution in [2.24, 2.45) is 5.73 Å². The molecule has 0 aliphatic heterocycles. The second kappa shape index (κ2) is 6.17. The number of nitrogens with two attached hydrogens (primary N) is 1. The van der Waals surface area contributed by atoms with E-state index >= 15 is 0 Å². The van der Waals surface area contributed by atoms with Gasteiger partial charge in [0, 0.05) is 11.6 Å². The van der Waals surface area contributed by atoms with E-state index in [0.29, 0.717) is 11.1 Å².